The van der Waals surface area contributed by atoms with Gasteiger partial charge in [-0.25, -0.2) is 12.7 Å². The SMILES string of the molecule is C=CCC[C@H]1CC(CC)C(=O)N1S(=O)(=O)c1ccc(C)cc1. The van der Waals surface area contributed by atoms with Crippen LogP contribution in [0.1, 0.15) is 38.2 Å². The highest BCUT2D eigenvalue weighted by Crippen LogP contribution is 2.34. The molecule has 4 nitrogen and oxygen atoms in total. The van der Waals surface area contributed by atoms with E-state index in [2.05, 4.69) is 6.58 Å². The molecule has 2 rings (SSSR count). The van der Waals surface area contributed by atoms with Gasteiger partial charge in [0, 0.05) is 12.0 Å². The van der Waals surface area contributed by atoms with E-state index < -0.39 is 10.0 Å². The molecule has 0 saturated carbocycles. The van der Waals surface area contributed by atoms with Gasteiger partial charge in [0.05, 0.1) is 4.90 Å². The lowest BCUT2D eigenvalue weighted by Gasteiger charge is -2.24. The molecular weight excluding hydrogens is 298 g/mol. The summed E-state index contributed by atoms with van der Waals surface area (Å²) in [7, 11) is -3.78. The van der Waals surface area contributed by atoms with Crippen molar-refractivity contribution in [2.45, 2.75) is 50.5 Å². The Kier molecular flexibility index (Phi) is 5.06. The van der Waals surface area contributed by atoms with E-state index in [9.17, 15) is 13.2 Å². The summed E-state index contributed by atoms with van der Waals surface area (Å²) in [5.41, 5.74) is 0.987. The summed E-state index contributed by atoms with van der Waals surface area (Å²) in [5.74, 6) is -0.466. The van der Waals surface area contributed by atoms with Crippen LogP contribution in [0.4, 0.5) is 0 Å². The monoisotopic (exact) mass is 321 g/mol. The fourth-order valence-electron chi connectivity index (χ4n) is 2.91. The van der Waals surface area contributed by atoms with Gasteiger partial charge in [-0.15, -0.1) is 6.58 Å². The summed E-state index contributed by atoms with van der Waals surface area (Å²) < 4.78 is 26.9. The number of amides is 1. The Bertz CT molecular complexity index is 649. The van der Waals surface area contributed by atoms with Gasteiger partial charge < -0.3 is 0 Å². The summed E-state index contributed by atoms with van der Waals surface area (Å²) in [6.07, 6.45) is 4.38. The molecule has 1 amide bonds. The molecule has 1 saturated heterocycles. The average molecular weight is 321 g/mol. The zero-order chi connectivity index (χ0) is 16.3. The molecule has 1 aromatic rings. The summed E-state index contributed by atoms with van der Waals surface area (Å²) in [6, 6.07) is 6.39. The van der Waals surface area contributed by atoms with Crippen LogP contribution in [-0.4, -0.2) is 24.7 Å². The van der Waals surface area contributed by atoms with Crippen molar-refractivity contribution in [2.75, 3.05) is 0 Å². The zero-order valence-corrected chi connectivity index (χ0v) is 14.0. The third-order valence-electron chi connectivity index (χ3n) is 4.23. The number of sulfonamides is 1. The van der Waals surface area contributed by atoms with Crippen LogP contribution < -0.4 is 0 Å². The first-order valence-electron chi connectivity index (χ1n) is 7.67. The van der Waals surface area contributed by atoms with E-state index in [0.717, 1.165) is 9.87 Å². The molecular formula is C17H23NO3S. The van der Waals surface area contributed by atoms with Gasteiger partial charge in [-0.1, -0.05) is 30.7 Å². The van der Waals surface area contributed by atoms with Crippen LogP contribution in [0.25, 0.3) is 0 Å². The van der Waals surface area contributed by atoms with Gasteiger partial charge in [0.2, 0.25) is 5.91 Å². The molecule has 1 aliphatic rings. The van der Waals surface area contributed by atoms with E-state index in [4.69, 9.17) is 0 Å². The van der Waals surface area contributed by atoms with Crippen molar-refractivity contribution in [3.05, 3.63) is 42.5 Å². The second kappa shape index (κ2) is 6.65. The lowest BCUT2D eigenvalue weighted by atomic mass is 10.0. The summed E-state index contributed by atoms with van der Waals surface area (Å²) in [5, 5.41) is 0. The minimum atomic E-state index is -3.78. The number of hydrogen-bond acceptors (Lipinski definition) is 3. The van der Waals surface area contributed by atoms with E-state index in [-0.39, 0.29) is 22.8 Å². The number of allylic oxidation sites excluding steroid dienone is 1. The number of nitrogens with zero attached hydrogens (tertiary/aromatic N) is 1. The Balaban J connectivity index is 2.38. The van der Waals surface area contributed by atoms with Gasteiger partial charge in [0.25, 0.3) is 10.0 Å². The molecule has 0 spiro atoms. The average Bonchev–Trinajstić information content (AvgIpc) is 2.82. The van der Waals surface area contributed by atoms with Gasteiger partial charge in [-0.3, -0.25) is 4.79 Å². The first-order valence-corrected chi connectivity index (χ1v) is 9.11. The summed E-state index contributed by atoms with van der Waals surface area (Å²) in [6.45, 7) is 7.51. The topological polar surface area (TPSA) is 54.5 Å². The third-order valence-corrected chi connectivity index (χ3v) is 6.09. The molecule has 1 fully saturated rings. The Morgan fingerprint density at radius 1 is 1.32 bits per heavy atom. The number of benzene rings is 1. The molecule has 120 valence electrons. The van der Waals surface area contributed by atoms with Crippen molar-refractivity contribution in [1.82, 2.24) is 4.31 Å². The fraction of sp³-hybridized carbons (Fsp3) is 0.471. The molecule has 1 heterocycles. The summed E-state index contributed by atoms with van der Waals surface area (Å²) >= 11 is 0. The maximum absolute atomic E-state index is 12.9. The Labute approximate surface area is 132 Å². The number of carbonyl (C=O) groups excluding carboxylic acids is 1. The van der Waals surface area contributed by atoms with Gasteiger partial charge in [0.15, 0.2) is 0 Å². The number of rotatable bonds is 6. The minimum absolute atomic E-state index is 0.187. The Hall–Kier alpha value is -1.62. The highest BCUT2D eigenvalue weighted by molar-refractivity contribution is 7.89. The normalized spacial score (nSPS) is 22.1. The van der Waals surface area contributed by atoms with E-state index in [0.29, 0.717) is 25.7 Å². The first-order chi connectivity index (χ1) is 10.4. The highest BCUT2D eigenvalue weighted by Gasteiger charge is 2.45. The van der Waals surface area contributed by atoms with Gasteiger partial charge >= 0.3 is 0 Å². The lowest BCUT2D eigenvalue weighted by Crippen LogP contribution is -2.39. The largest absolute Gasteiger partial charge is 0.273 e. The zero-order valence-electron chi connectivity index (χ0n) is 13.2. The number of carbonyl (C=O) groups is 1. The maximum Gasteiger partial charge on any atom is 0.266 e. The Morgan fingerprint density at radius 2 is 1.95 bits per heavy atom. The third kappa shape index (κ3) is 3.09. The first kappa shape index (κ1) is 16.7. The van der Waals surface area contributed by atoms with E-state index >= 15 is 0 Å². The summed E-state index contributed by atoms with van der Waals surface area (Å²) in [4.78, 5) is 12.7. The van der Waals surface area contributed by atoms with Crippen molar-refractivity contribution in [3.8, 4) is 0 Å². The van der Waals surface area contributed by atoms with Crippen LogP contribution >= 0.6 is 0 Å². The predicted octanol–water partition coefficient (Wildman–Crippen LogP) is 3.28. The van der Waals surface area contributed by atoms with Crippen LogP contribution in [0.3, 0.4) is 0 Å². The molecule has 5 heteroatoms. The lowest BCUT2D eigenvalue weighted by molar-refractivity contribution is -0.127. The van der Waals surface area contributed by atoms with Crippen LogP contribution in [0.2, 0.25) is 0 Å². The number of aryl methyl sites for hydroxylation is 1. The molecule has 0 bridgehead atoms. The van der Waals surface area contributed by atoms with Gasteiger partial charge in [-0.05, 0) is 44.7 Å². The molecule has 0 aliphatic carbocycles. The van der Waals surface area contributed by atoms with Crippen LogP contribution in [-0.2, 0) is 14.8 Å². The smallest absolute Gasteiger partial charge is 0.266 e. The molecule has 1 aliphatic heterocycles. The quantitative estimate of drug-likeness (QED) is 0.756. The standard InChI is InChI=1S/C17H23NO3S/c1-4-6-7-15-12-14(5-2)17(19)18(15)22(20,21)16-10-8-13(3)9-11-16/h4,8-11,14-15H,1,5-7,12H2,2-3H3/t14?,15-/m0/s1. The molecule has 22 heavy (non-hydrogen) atoms. The van der Waals surface area contributed by atoms with Crippen molar-refractivity contribution >= 4 is 15.9 Å². The van der Waals surface area contributed by atoms with Crippen LogP contribution in [0, 0.1) is 12.8 Å². The maximum atomic E-state index is 12.9. The second-order valence-electron chi connectivity index (χ2n) is 5.81. The predicted molar refractivity (Wildman–Crippen MR) is 86.8 cm³/mol. The van der Waals surface area contributed by atoms with Gasteiger partial charge in [-0.2, -0.15) is 0 Å². The van der Waals surface area contributed by atoms with Crippen molar-refractivity contribution in [3.63, 3.8) is 0 Å². The van der Waals surface area contributed by atoms with E-state index in [1.54, 1.807) is 30.3 Å². The Morgan fingerprint density at radius 3 is 2.50 bits per heavy atom. The second-order valence-corrected chi connectivity index (χ2v) is 7.63. The fourth-order valence-corrected chi connectivity index (χ4v) is 4.59. The highest BCUT2D eigenvalue weighted by atomic mass is 32.2. The van der Waals surface area contributed by atoms with E-state index in [1.807, 2.05) is 13.8 Å². The van der Waals surface area contributed by atoms with Crippen molar-refractivity contribution in [2.24, 2.45) is 5.92 Å². The van der Waals surface area contributed by atoms with Crippen LogP contribution in [0.15, 0.2) is 41.8 Å². The molecule has 0 N–H and O–H groups in total. The molecule has 0 radical (unpaired) electrons. The number of hydrogen-bond donors (Lipinski definition) is 0. The molecule has 1 unspecified atom stereocenters. The van der Waals surface area contributed by atoms with Crippen molar-refractivity contribution < 1.29 is 13.2 Å². The molecule has 1 aromatic carbocycles. The van der Waals surface area contributed by atoms with Crippen LogP contribution in [0.5, 0.6) is 0 Å². The minimum Gasteiger partial charge on any atom is -0.273 e. The van der Waals surface area contributed by atoms with Crippen molar-refractivity contribution in [1.29, 1.82) is 0 Å². The molecule has 0 aromatic heterocycles. The van der Waals surface area contributed by atoms with E-state index in [1.165, 1.54) is 0 Å². The molecule has 2 atom stereocenters. The van der Waals surface area contributed by atoms with Gasteiger partial charge in [0.1, 0.15) is 0 Å².